The van der Waals surface area contributed by atoms with Gasteiger partial charge in [-0.1, -0.05) is 29.8 Å². The molecule has 0 bridgehead atoms. The number of hydrogen-bond donors (Lipinski definition) is 2. The van der Waals surface area contributed by atoms with Gasteiger partial charge in [0.25, 0.3) is 0 Å². The number of hydrogen-bond acceptors (Lipinski definition) is 3. The van der Waals surface area contributed by atoms with Gasteiger partial charge in [0.05, 0.1) is 5.69 Å². The second kappa shape index (κ2) is 4.22. The second-order valence-electron chi connectivity index (χ2n) is 4.58. The lowest BCUT2D eigenvalue weighted by Gasteiger charge is -2.23. The zero-order valence-electron chi connectivity index (χ0n) is 10.1. The van der Waals surface area contributed by atoms with Crippen molar-refractivity contribution in [2.24, 2.45) is 0 Å². The molecule has 3 rings (SSSR count). The molecule has 0 fully saturated rings. The molecule has 1 aromatic carbocycles. The van der Waals surface area contributed by atoms with Gasteiger partial charge < -0.3 is 15.1 Å². The van der Waals surface area contributed by atoms with E-state index in [0.717, 1.165) is 11.3 Å². The van der Waals surface area contributed by atoms with Crippen LogP contribution in [0.3, 0.4) is 0 Å². The first kappa shape index (κ1) is 10.9. The quantitative estimate of drug-likeness (QED) is 0.851. The van der Waals surface area contributed by atoms with E-state index in [0.29, 0.717) is 12.1 Å². The number of carbonyl (C=O) groups excluding carboxylic acids is 1. The summed E-state index contributed by atoms with van der Waals surface area (Å²) >= 11 is 0. The Hall–Kier alpha value is -2.23. The molecule has 1 amide bonds. The molecule has 0 saturated heterocycles. The van der Waals surface area contributed by atoms with Crippen LogP contribution in [-0.4, -0.2) is 11.9 Å². The van der Waals surface area contributed by atoms with Crippen molar-refractivity contribution in [1.29, 1.82) is 0 Å². The molecular formula is C14H14N2O2. The summed E-state index contributed by atoms with van der Waals surface area (Å²) in [6.07, 6.45) is 3.80. The number of nitrogens with one attached hydrogen (secondary N) is 2. The van der Waals surface area contributed by atoms with Crippen LogP contribution in [0.4, 0.5) is 11.4 Å². The Morgan fingerprint density at radius 3 is 2.67 bits per heavy atom. The molecule has 92 valence electrons. The molecule has 18 heavy (non-hydrogen) atoms. The summed E-state index contributed by atoms with van der Waals surface area (Å²) < 4.78 is 5.05. The van der Waals surface area contributed by atoms with Gasteiger partial charge in [0, 0.05) is 6.42 Å². The Bertz CT molecular complexity index is 572. The molecular weight excluding hydrogens is 228 g/mol. The third-order valence-electron chi connectivity index (χ3n) is 3.13. The van der Waals surface area contributed by atoms with E-state index in [-0.39, 0.29) is 11.9 Å². The van der Waals surface area contributed by atoms with Gasteiger partial charge in [-0.05, 0) is 12.5 Å². The standard InChI is InChI=1S/C14H14N2O2/c1-9-2-4-10(5-3-9)6-11-14(17)16-13-8-18-7-12(13)15-11/h2-5,7-8,11,15H,6H2,1H3,(H,16,17). The maximum Gasteiger partial charge on any atom is 0.247 e. The number of furan rings is 1. The van der Waals surface area contributed by atoms with Crippen LogP contribution in [0.15, 0.2) is 41.2 Å². The van der Waals surface area contributed by atoms with Crippen molar-refractivity contribution in [3.8, 4) is 0 Å². The number of fused-ring (bicyclic) bond motifs is 1. The molecule has 1 aromatic heterocycles. The summed E-state index contributed by atoms with van der Waals surface area (Å²) in [5.74, 6) is -0.0236. The molecule has 0 spiro atoms. The predicted octanol–water partition coefficient (Wildman–Crippen LogP) is 2.56. The van der Waals surface area contributed by atoms with Crippen LogP contribution < -0.4 is 10.6 Å². The van der Waals surface area contributed by atoms with E-state index < -0.39 is 0 Å². The molecule has 2 N–H and O–H groups in total. The van der Waals surface area contributed by atoms with E-state index in [9.17, 15) is 4.79 Å². The predicted molar refractivity (Wildman–Crippen MR) is 69.6 cm³/mol. The van der Waals surface area contributed by atoms with Gasteiger partial charge in [-0.2, -0.15) is 0 Å². The lowest BCUT2D eigenvalue weighted by Crippen LogP contribution is -2.39. The highest BCUT2D eigenvalue weighted by Crippen LogP contribution is 2.28. The second-order valence-corrected chi connectivity index (χ2v) is 4.58. The molecule has 1 unspecified atom stereocenters. The first-order chi connectivity index (χ1) is 8.72. The summed E-state index contributed by atoms with van der Waals surface area (Å²) in [5, 5.41) is 6.01. The minimum Gasteiger partial charge on any atom is -0.468 e. The zero-order valence-corrected chi connectivity index (χ0v) is 10.1. The fourth-order valence-electron chi connectivity index (χ4n) is 2.08. The first-order valence-electron chi connectivity index (χ1n) is 5.91. The van der Waals surface area contributed by atoms with Gasteiger partial charge in [-0.25, -0.2) is 0 Å². The third-order valence-corrected chi connectivity index (χ3v) is 3.13. The molecule has 4 heteroatoms. The maximum atomic E-state index is 11.9. The fraction of sp³-hybridized carbons (Fsp3) is 0.214. The van der Waals surface area contributed by atoms with Gasteiger partial charge in [0.15, 0.2) is 0 Å². The van der Waals surface area contributed by atoms with Crippen LogP contribution >= 0.6 is 0 Å². The summed E-state index contributed by atoms with van der Waals surface area (Å²) in [6.45, 7) is 2.05. The Morgan fingerprint density at radius 2 is 1.89 bits per heavy atom. The lowest BCUT2D eigenvalue weighted by atomic mass is 10.0. The Morgan fingerprint density at radius 1 is 1.17 bits per heavy atom. The van der Waals surface area contributed by atoms with Crippen LogP contribution in [0.2, 0.25) is 0 Å². The van der Waals surface area contributed by atoms with Crippen molar-refractivity contribution in [3.63, 3.8) is 0 Å². The normalized spacial score (nSPS) is 17.8. The fourth-order valence-corrected chi connectivity index (χ4v) is 2.08. The molecule has 2 aromatic rings. The Balaban J connectivity index is 1.78. The first-order valence-corrected chi connectivity index (χ1v) is 5.91. The Kier molecular flexibility index (Phi) is 2.55. The summed E-state index contributed by atoms with van der Waals surface area (Å²) in [6, 6.07) is 7.96. The lowest BCUT2D eigenvalue weighted by molar-refractivity contribution is -0.117. The van der Waals surface area contributed by atoms with Crippen molar-refractivity contribution in [2.75, 3.05) is 10.6 Å². The molecule has 1 aliphatic rings. The molecule has 4 nitrogen and oxygen atoms in total. The Labute approximate surface area is 105 Å². The number of amides is 1. The zero-order chi connectivity index (χ0) is 12.5. The minimum absolute atomic E-state index is 0.0236. The van der Waals surface area contributed by atoms with Crippen LogP contribution in [0.5, 0.6) is 0 Å². The molecule has 0 radical (unpaired) electrons. The van der Waals surface area contributed by atoms with Gasteiger partial charge in [-0.3, -0.25) is 4.79 Å². The molecule has 1 atom stereocenters. The van der Waals surface area contributed by atoms with E-state index in [1.165, 1.54) is 11.8 Å². The van der Waals surface area contributed by atoms with Gasteiger partial charge in [0.1, 0.15) is 24.3 Å². The van der Waals surface area contributed by atoms with E-state index in [2.05, 4.69) is 34.9 Å². The van der Waals surface area contributed by atoms with Crippen molar-refractivity contribution in [3.05, 3.63) is 47.9 Å². The molecule has 0 aliphatic carbocycles. The van der Waals surface area contributed by atoms with Crippen LogP contribution in [0, 0.1) is 6.92 Å². The van der Waals surface area contributed by atoms with E-state index in [1.807, 2.05) is 6.92 Å². The van der Waals surface area contributed by atoms with Crippen molar-refractivity contribution in [1.82, 2.24) is 0 Å². The highest BCUT2D eigenvalue weighted by atomic mass is 16.3. The average molecular weight is 242 g/mol. The summed E-state index contributed by atoms with van der Waals surface area (Å²) in [7, 11) is 0. The largest absolute Gasteiger partial charge is 0.468 e. The number of carbonyl (C=O) groups is 1. The van der Waals surface area contributed by atoms with Gasteiger partial charge in [0.2, 0.25) is 5.91 Å². The average Bonchev–Trinajstić information content (AvgIpc) is 2.79. The van der Waals surface area contributed by atoms with Crippen LogP contribution in [0.25, 0.3) is 0 Å². The van der Waals surface area contributed by atoms with E-state index in [4.69, 9.17) is 4.42 Å². The monoisotopic (exact) mass is 242 g/mol. The molecule has 1 aliphatic heterocycles. The summed E-state index contributed by atoms with van der Waals surface area (Å²) in [4.78, 5) is 11.9. The smallest absolute Gasteiger partial charge is 0.247 e. The van der Waals surface area contributed by atoms with Crippen LogP contribution in [-0.2, 0) is 11.2 Å². The van der Waals surface area contributed by atoms with Crippen molar-refractivity contribution < 1.29 is 9.21 Å². The SMILES string of the molecule is Cc1ccc(CC2Nc3cocc3NC2=O)cc1. The number of aryl methyl sites for hydroxylation is 1. The maximum absolute atomic E-state index is 11.9. The van der Waals surface area contributed by atoms with E-state index >= 15 is 0 Å². The minimum atomic E-state index is -0.252. The number of anilines is 2. The highest BCUT2D eigenvalue weighted by Gasteiger charge is 2.26. The number of benzene rings is 1. The molecule has 0 saturated carbocycles. The van der Waals surface area contributed by atoms with Crippen LogP contribution in [0.1, 0.15) is 11.1 Å². The highest BCUT2D eigenvalue weighted by molar-refractivity contribution is 6.02. The van der Waals surface area contributed by atoms with E-state index in [1.54, 1.807) is 6.26 Å². The third kappa shape index (κ3) is 1.97. The van der Waals surface area contributed by atoms with Gasteiger partial charge in [-0.15, -0.1) is 0 Å². The van der Waals surface area contributed by atoms with Crippen molar-refractivity contribution in [2.45, 2.75) is 19.4 Å². The van der Waals surface area contributed by atoms with Gasteiger partial charge >= 0.3 is 0 Å². The molecule has 2 heterocycles. The van der Waals surface area contributed by atoms with Crippen molar-refractivity contribution >= 4 is 17.3 Å². The summed E-state index contributed by atoms with van der Waals surface area (Å²) in [5.41, 5.74) is 3.91. The topological polar surface area (TPSA) is 54.3 Å². The number of rotatable bonds is 2.